The third-order valence-electron chi connectivity index (χ3n) is 6.83. The van der Waals surface area contributed by atoms with Crippen molar-refractivity contribution in [1.82, 2.24) is 10.2 Å². The summed E-state index contributed by atoms with van der Waals surface area (Å²) in [6.45, 7) is 9.57. The molecule has 1 atom stereocenters. The van der Waals surface area contributed by atoms with Gasteiger partial charge in [-0.2, -0.15) is 0 Å². The smallest absolute Gasteiger partial charge is 0.264 e. The Hall–Kier alpha value is -3.85. The Morgan fingerprint density at radius 2 is 1.54 bits per heavy atom. The van der Waals surface area contributed by atoms with Gasteiger partial charge in [-0.15, -0.1) is 0 Å². The average molecular weight is 580 g/mol. The van der Waals surface area contributed by atoms with Crippen LogP contribution in [-0.4, -0.2) is 57.9 Å². The number of nitrogens with one attached hydrogen (secondary N) is 1. The van der Waals surface area contributed by atoms with Crippen LogP contribution in [0.5, 0.6) is 5.75 Å². The number of carbonyl (C=O) groups is 2. The van der Waals surface area contributed by atoms with Crippen LogP contribution in [0.25, 0.3) is 0 Å². The summed E-state index contributed by atoms with van der Waals surface area (Å²) in [5.74, 6) is -0.227. The zero-order valence-electron chi connectivity index (χ0n) is 24.8. The minimum Gasteiger partial charge on any atom is -0.495 e. The second-order valence-corrected chi connectivity index (χ2v) is 12.5. The van der Waals surface area contributed by atoms with Crippen LogP contribution in [0.4, 0.5) is 5.69 Å². The molecule has 0 aromatic heterocycles. The van der Waals surface area contributed by atoms with Gasteiger partial charge < -0.3 is 15.0 Å². The number of aryl methyl sites for hydroxylation is 2. The Labute approximate surface area is 244 Å². The summed E-state index contributed by atoms with van der Waals surface area (Å²) in [4.78, 5) is 28.7. The number of carbonyl (C=O) groups excluding carboxylic acids is 2. The standard InChI is InChI=1S/C32H41N3O5S/c1-23(2)21-33-32(37)26(5)34(19-18-27-10-8-7-9-11-27)31(36)22-35(29-20-25(4)14-17-30(29)40-6)41(38,39)28-15-12-24(3)13-16-28/h7-17,20,23,26H,18-19,21-22H2,1-6H3,(H,33,37). The van der Waals surface area contributed by atoms with Gasteiger partial charge in [-0.25, -0.2) is 8.42 Å². The van der Waals surface area contributed by atoms with Crippen molar-refractivity contribution in [3.05, 3.63) is 89.5 Å². The third-order valence-corrected chi connectivity index (χ3v) is 8.60. The lowest BCUT2D eigenvalue weighted by atomic mass is 10.1. The molecule has 0 fully saturated rings. The molecule has 2 amide bonds. The molecule has 3 aromatic rings. The lowest BCUT2D eigenvalue weighted by molar-refractivity contribution is -0.138. The van der Waals surface area contributed by atoms with E-state index < -0.39 is 28.5 Å². The topological polar surface area (TPSA) is 96.0 Å². The van der Waals surface area contributed by atoms with E-state index in [1.165, 1.54) is 24.1 Å². The molecule has 3 rings (SSSR count). The van der Waals surface area contributed by atoms with Crippen molar-refractivity contribution in [3.8, 4) is 5.75 Å². The summed E-state index contributed by atoms with van der Waals surface area (Å²) in [6.07, 6.45) is 0.507. The molecule has 0 spiro atoms. The molecule has 220 valence electrons. The van der Waals surface area contributed by atoms with E-state index in [0.717, 1.165) is 21.0 Å². The van der Waals surface area contributed by atoms with E-state index in [1.807, 2.05) is 64.1 Å². The van der Waals surface area contributed by atoms with Gasteiger partial charge in [0.05, 0.1) is 17.7 Å². The van der Waals surface area contributed by atoms with Crippen molar-refractivity contribution in [2.24, 2.45) is 5.92 Å². The molecule has 8 nitrogen and oxygen atoms in total. The minimum absolute atomic E-state index is 0.0537. The van der Waals surface area contributed by atoms with Crippen molar-refractivity contribution in [2.45, 2.75) is 52.0 Å². The molecule has 0 saturated carbocycles. The number of hydrogen-bond acceptors (Lipinski definition) is 5. The highest BCUT2D eigenvalue weighted by Crippen LogP contribution is 2.33. The summed E-state index contributed by atoms with van der Waals surface area (Å²) in [5, 5.41) is 2.90. The third kappa shape index (κ3) is 8.33. The van der Waals surface area contributed by atoms with Gasteiger partial charge in [0.2, 0.25) is 11.8 Å². The zero-order valence-corrected chi connectivity index (χ0v) is 25.6. The summed E-state index contributed by atoms with van der Waals surface area (Å²) >= 11 is 0. The van der Waals surface area contributed by atoms with Crippen LogP contribution in [-0.2, 0) is 26.0 Å². The van der Waals surface area contributed by atoms with E-state index in [4.69, 9.17) is 4.74 Å². The van der Waals surface area contributed by atoms with E-state index in [-0.39, 0.29) is 29.0 Å². The molecular formula is C32H41N3O5S. The number of rotatable bonds is 13. The molecule has 3 aromatic carbocycles. The molecule has 0 aliphatic rings. The molecular weight excluding hydrogens is 538 g/mol. The van der Waals surface area contributed by atoms with Crippen molar-refractivity contribution >= 4 is 27.5 Å². The number of amides is 2. The van der Waals surface area contributed by atoms with Crippen LogP contribution < -0.4 is 14.4 Å². The molecule has 0 saturated heterocycles. The van der Waals surface area contributed by atoms with Gasteiger partial charge in [-0.3, -0.25) is 13.9 Å². The Morgan fingerprint density at radius 3 is 2.15 bits per heavy atom. The Bertz CT molecular complexity index is 1420. The van der Waals surface area contributed by atoms with Gasteiger partial charge in [0.25, 0.3) is 10.0 Å². The SMILES string of the molecule is COc1ccc(C)cc1N(CC(=O)N(CCc1ccccc1)C(C)C(=O)NCC(C)C)S(=O)(=O)c1ccc(C)cc1. The Morgan fingerprint density at radius 1 is 0.902 bits per heavy atom. The first-order valence-electron chi connectivity index (χ1n) is 13.8. The number of methoxy groups -OCH3 is 1. The van der Waals surface area contributed by atoms with Crippen LogP contribution in [0.2, 0.25) is 0 Å². The van der Waals surface area contributed by atoms with Crippen molar-refractivity contribution < 1.29 is 22.7 Å². The minimum atomic E-state index is -4.18. The van der Waals surface area contributed by atoms with Crippen LogP contribution in [0, 0.1) is 19.8 Å². The maximum Gasteiger partial charge on any atom is 0.264 e. The van der Waals surface area contributed by atoms with Crippen molar-refractivity contribution in [1.29, 1.82) is 0 Å². The molecule has 0 heterocycles. The molecule has 1 N–H and O–H groups in total. The normalized spacial score (nSPS) is 12.1. The summed E-state index contributed by atoms with van der Waals surface area (Å²) in [7, 11) is -2.72. The van der Waals surface area contributed by atoms with Gasteiger partial charge in [0.1, 0.15) is 18.3 Å². The van der Waals surface area contributed by atoms with Crippen LogP contribution in [0.15, 0.2) is 77.7 Å². The van der Waals surface area contributed by atoms with Crippen LogP contribution >= 0.6 is 0 Å². The lowest BCUT2D eigenvalue weighted by Gasteiger charge is -2.32. The first-order valence-corrected chi connectivity index (χ1v) is 15.2. The van der Waals surface area contributed by atoms with Gasteiger partial charge in [-0.05, 0) is 68.5 Å². The number of anilines is 1. The summed E-state index contributed by atoms with van der Waals surface area (Å²) in [5.41, 5.74) is 2.97. The fourth-order valence-corrected chi connectivity index (χ4v) is 5.78. The molecule has 41 heavy (non-hydrogen) atoms. The molecule has 0 bridgehead atoms. The Balaban J connectivity index is 2.03. The maximum absolute atomic E-state index is 14.1. The quantitative estimate of drug-likeness (QED) is 0.316. The van der Waals surface area contributed by atoms with E-state index in [2.05, 4.69) is 5.32 Å². The van der Waals surface area contributed by atoms with E-state index in [0.29, 0.717) is 18.7 Å². The van der Waals surface area contributed by atoms with Gasteiger partial charge in [-0.1, -0.05) is 67.9 Å². The fraction of sp³-hybridized carbons (Fsp3) is 0.375. The van der Waals surface area contributed by atoms with E-state index in [1.54, 1.807) is 31.2 Å². The number of benzene rings is 3. The van der Waals surface area contributed by atoms with Gasteiger partial charge in [0.15, 0.2) is 0 Å². The van der Waals surface area contributed by atoms with Crippen molar-refractivity contribution in [2.75, 3.05) is 31.0 Å². The lowest BCUT2D eigenvalue weighted by Crippen LogP contribution is -2.52. The highest BCUT2D eigenvalue weighted by Gasteiger charge is 2.33. The fourth-order valence-electron chi connectivity index (χ4n) is 4.37. The zero-order chi connectivity index (χ0) is 30.2. The second kappa shape index (κ2) is 14.2. The average Bonchev–Trinajstić information content (AvgIpc) is 2.95. The van der Waals surface area contributed by atoms with Gasteiger partial charge in [0, 0.05) is 13.1 Å². The summed E-state index contributed by atoms with van der Waals surface area (Å²) in [6, 6.07) is 20.5. The largest absolute Gasteiger partial charge is 0.495 e. The van der Waals surface area contributed by atoms with Crippen LogP contribution in [0.3, 0.4) is 0 Å². The van der Waals surface area contributed by atoms with Gasteiger partial charge >= 0.3 is 0 Å². The number of nitrogens with zero attached hydrogens (tertiary/aromatic N) is 2. The van der Waals surface area contributed by atoms with E-state index >= 15 is 0 Å². The Kier molecular flexibility index (Phi) is 10.9. The molecule has 0 aliphatic carbocycles. The molecule has 0 aliphatic heterocycles. The second-order valence-electron chi connectivity index (χ2n) is 10.6. The first kappa shape index (κ1) is 31.7. The number of ether oxygens (including phenoxy) is 1. The number of sulfonamides is 1. The summed E-state index contributed by atoms with van der Waals surface area (Å²) < 4.78 is 34.7. The predicted molar refractivity (Wildman–Crippen MR) is 163 cm³/mol. The van der Waals surface area contributed by atoms with Crippen molar-refractivity contribution in [3.63, 3.8) is 0 Å². The molecule has 1 unspecified atom stereocenters. The number of hydrogen-bond donors (Lipinski definition) is 1. The highest BCUT2D eigenvalue weighted by atomic mass is 32.2. The molecule has 0 radical (unpaired) electrons. The predicted octanol–water partition coefficient (Wildman–Crippen LogP) is 4.74. The maximum atomic E-state index is 14.1. The van der Waals surface area contributed by atoms with E-state index in [9.17, 15) is 18.0 Å². The molecule has 9 heteroatoms. The highest BCUT2D eigenvalue weighted by molar-refractivity contribution is 7.92. The first-order chi connectivity index (χ1) is 19.4. The van der Waals surface area contributed by atoms with Crippen LogP contribution in [0.1, 0.15) is 37.5 Å². The monoisotopic (exact) mass is 579 g/mol.